The van der Waals surface area contributed by atoms with Crippen LogP contribution >= 0.6 is 0 Å². The Labute approximate surface area is 114 Å². The lowest BCUT2D eigenvalue weighted by atomic mass is 10.1. The number of rotatable bonds is 5. The summed E-state index contributed by atoms with van der Waals surface area (Å²) in [6, 6.07) is 8.67. The summed E-state index contributed by atoms with van der Waals surface area (Å²) in [4.78, 5) is 13.3. The molecule has 1 aliphatic heterocycles. The van der Waals surface area contributed by atoms with Gasteiger partial charge in [0.1, 0.15) is 0 Å². The van der Waals surface area contributed by atoms with Gasteiger partial charge < -0.3 is 10.6 Å². The van der Waals surface area contributed by atoms with Gasteiger partial charge in [-0.05, 0) is 43.5 Å². The molecule has 1 heterocycles. The number of benzene rings is 1. The van der Waals surface area contributed by atoms with Gasteiger partial charge in [-0.15, -0.1) is 0 Å². The highest BCUT2D eigenvalue weighted by molar-refractivity contribution is 5.94. The van der Waals surface area contributed by atoms with E-state index in [0.29, 0.717) is 6.04 Å². The van der Waals surface area contributed by atoms with E-state index in [-0.39, 0.29) is 6.03 Å². The van der Waals surface area contributed by atoms with Crippen LogP contribution in [0.25, 0.3) is 0 Å². The van der Waals surface area contributed by atoms with Crippen LogP contribution < -0.4 is 15.5 Å². The van der Waals surface area contributed by atoms with Crippen LogP contribution in [0, 0.1) is 5.92 Å². The summed E-state index contributed by atoms with van der Waals surface area (Å²) in [5, 5.41) is 6.34. The Morgan fingerprint density at radius 1 is 1.37 bits per heavy atom. The van der Waals surface area contributed by atoms with Crippen molar-refractivity contribution in [2.75, 3.05) is 23.3 Å². The number of carbonyl (C=O) groups is 1. The van der Waals surface area contributed by atoms with Crippen LogP contribution in [0.1, 0.15) is 26.2 Å². The fourth-order valence-corrected chi connectivity index (χ4v) is 2.65. The Bertz CT molecular complexity index is 453. The van der Waals surface area contributed by atoms with Crippen molar-refractivity contribution in [2.45, 2.75) is 32.2 Å². The molecule has 3 rings (SSSR count). The van der Waals surface area contributed by atoms with Gasteiger partial charge in [0.25, 0.3) is 0 Å². The number of nitrogens with zero attached hydrogens (tertiary/aromatic N) is 1. The molecule has 2 fully saturated rings. The minimum Gasteiger partial charge on any atom is -0.383 e. The molecule has 2 N–H and O–H groups in total. The van der Waals surface area contributed by atoms with E-state index in [9.17, 15) is 4.79 Å². The van der Waals surface area contributed by atoms with Gasteiger partial charge in [0, 0.05) is 30.5 Å². The highest BCUT2D eigenvalue weighted by Gasteiger charge is 2.23. The topological polar surface area (TPSA) is 44.4 Å². The van der Waals surface area contributed by atoms with Crippen molar-refractivity contribution in [2.24, 2.45) is 5.92 Å². The number of anilines is 2. The molecule has 0 spiro atoms. The quantitative estimate of drug-likeness (QED) is 0.854. The molecular formula is C15H21N3O. The second-order valence-corrected chi connectivity index (χ2v) is 5.65. The van der Waals surface area contributed by atoms with E-state index in [1.54, 1.807) is 4.90 Å². The summed E-state index contributed by atoms with van der Waals surface area (Å²) >= 11 is 0. The molecule has 0 aromatic heterocycles. The largest absolute Gasteiger partial charge is 0.383 e. The van der Waals surface area contributed by atoms with E-state index < -0.39 is 0 Å². The van der Waals surface area contributed by atoms with E-state index in [0.717, 1.165) is 30.4 Å². The van der Waals surface area contributed by atoms with Crippen LogP contribution in [-0.4, -0.2) is 25.2 Å². The molecule has 4 heteroatoms. The molecule has 19 heavy (non-hydrogen) atoms. The molecule has 1 atom stereocenters. The Balaban J connectivity index is 1.59. The molecule has 1 unspecified atom stereocenters. The number of amides is 2. The number of carbonyl (C=O) groups excluding carboxylic acids is 1. The van der Waals surface area contributed by atoms with Crippen molar-refractivity contribution in [1.29, 1.82) is 0 Å². The predicted octanol–water partition coefficient (Wildman–Crippen LogP) is 2.82. The first-order chi connectivity index (χ1) is 9.22. The van der Waals surface area contributed by atoms with Crippen molar-refractivity contribution >= 4 is 17.4 Å². The first-order valence-corrected chi connectivity index (χ1v) is 7.14. The van der Waals surface area contributed by atoms with E-state index >= 15 is 0 Å². The van der Waals surface area contributed by atoms with Gasteiger partial charge in [-0.3, -0.25) is 4.90 Å². The lowest BCUT2D eigenvalue weighted by Crippen LogP contribution is -2.27. The third kappa shape index (κ3) is 3.00. The number of hydrogen-bond donors (Lipinski definition) is 2. The summed E-state index contributed by atoms with van der Waals surface area (Å²) in [5.74, 6) is 0.940. The first kappa shape index (κ1) is 12.3. The molecule has 2 aliphatic rings. The molecule has 1 saturated carbocycles. The van der Waals surface area contributed by atoms with Crippen molar-refractivity contribution in [1.82, 2.24) is 5.32 Å². The van der Waals surface area contributed by atoms with E-state index in [4.69, 9.17) is 0 Å². The maximum atomic E-state index is 11.6. The van der Waals surface area contributed by atoms with Crippen LogP contribution in [0.5, 0.6) is 0 Å². The van der Waals surface area contributed by atoms with E-state index in [1.165, 1.54) is 19.3 Å². The van der Waals surface area contributed by atoms with Crippen molar-refractivity contribution in [3.63, 3.8) is 0 Å². The SMILES string of the molecule is CC(CC1CC1)Nc1ccc(N2CCNC2=O)cc1. The molecule has 1 aromatic carbocycles. The van der Waals surface area contributed by atoms with Gasteiger partial charge in [0.15, 0.2) is 0 Å². The van der Waals surface area contributed by atoms with E-state index in [2.05, 4.69) is 29.7 Å². The highest BCUT2D eigenvalue weighted by Crippen LogP contribution is 2.34. The summed E-state index contributed by atoms with van der Waals surface area (Å²) in [5.41, 5.74) is 2.10. The number of nitrogens with one attached hydrogen (secondary N) is 2. The molecule has 0 radical (unpaired) electrons. The minimum absolute atomic E-state index is 0.00260. The smallest absolute Gasteiger partial charge is 0.321 e. The Morgan fingerprint density at radius 3 is 2.68 bits per heavy atom. The average molecular weight is 259 g/mol. The summed E-state index contributed by atoms with van der Waals surface area (Å²) in [7, 11) is 0. The third-order valence-corrected chi connectivity index (χ3v) is 3.83. The van der Waals surface area contributed by atoms with Crippen molar-refractivity contribution < 1.29 is 4.79 Å². The molecule has 1 aromatic rings. The lowest BCUT2D eigenvalue weighted by Gasteiger charge is -2.17. The van der Waals surface area contributed by atoms with Gasteiger partial charge in [-0.1, -0.05) is 12.8 Å². The second kappa shape index (κ2) is 5.11. The van der Waals surface area contributed by atoms with Crippen LogP contribution in [0.4, 0.5) is 16.2 Å². The zero-order chi connectivity index (χ0) is 13.2. The van der Waals surface area contributed by atoms with Gasteiger partial charge in [-0.25, -0.2) is 4.79 Å². The summed E-state index contributed by atoms with van der Waals surface area (Å²) < 4.78 is 0. The number of urea groups is 1. The molecule has 1 aliphatic carbocycles. The molecule has 4 nitrogen and oxygen atoms in total. The highest BCUT2D eigenvalue weighted by atomic mass is 16.2. The standard InChI is InChI=1S/C15H21N3O/c1-11(10-12-2-3-12)17-13-4-6-14(7-5-13)18-9-8-16-15(18)19/h4-7,11-12,17H,2-3,8-10H2,1H3,(H,16,19). The Kier molecular flexibility index (Phi) is 3.32. The minimum atomic E-state index is 0.00260. The van der Waals surface area contributed by atoms with Crippen molar-refractivity contribution in [3.05, 3.63) is 24.3 Å². The maximum Gasteiger partial charge on any atom is 0.321 e. The monoisotopic (exact) mass is 259 g/mol. The Hall–Kier alpha value is -1.71. The fraction of sp³-hybridized carbons (Fsp3) is 0.533. The van der Waals surface area contributed by atoms with E-state index in [1.807, 2.05) is 12.1 Å². The van der Waals surface area contributed by atoms with Gasteiger partial charge in [0.05, 0.1) is 0 Å². The average Bonchev–Trinajstić information content (AvgIpc) is 3.10. The van der Waals surface area contributed by atoms with Gasteiger partial charge >= 0.3 is 6.03 Å². The van der Waals surface area contributed by atoms with Crippen molar-refractivity contribution in [3.8, 4) is 0 Å². The Morgan fingerprint density at radius 2 is 2.11 bits per heavy atom. The van der Waals surface area contributed by atoms with Crippen LogP contribution in [0.3, 0.4) is 0 Å². The maximum absolute atomic E-state index is 11.6. The summed E-state index contributed by atoms with van der Waals surface area (Å²) in [6.07, 6.45) is 4.06. The number of hydrogen-bond acceptors (Lipinski definition) is 2. The summed E-state index contributed by atoms with van der Waals surface area (Å²) in [6.45, 7) is 3.72. The van der Waals surface area contributed by atoms with Gasteiger partial charge in [0.2, 0.25) is 0 Å². The lowest BCUT2D eigenvalue weighted by molar-refractivity contribution is 0.252. The molecule has 2 amide bonds. The third-order valence-electron chi connectivity index (χ3n) is 3.83. The molecule has 1 saturated heterocycles. The normalized spacial score (nSPS) is 20.3. The molecule has 102 valence electrons. The zero-order valence-corrected chi connectivity index (χ0v) is 11.4. The second-order valence-electron chi connectivity index (χ2n) is 5.65. The van der Waals surface area contributed by atoms with Crippen LogP contribution in [0.2, 0.25) is 0 Å². The zero-order valence-electron chi connectivity index (χ0n) is 11.4. The molecular weight excluding hydrogens is 238 g/mol. The van der Waals surface area contributed by atoms with Gasteiger partial charge in [-0.2, -0.15) is 0 Å². The van der Waals surface area contributed by atoms with Crippen LogP contribution in [0.15, 0.2) is 24.3 Å². The molecule has 0 bridgehead atoms. The fourth-order valence-electron chi connectivity index (χ4n) is 2.65. The first-order valence-electron chi connectivity index (χ1n) is 7.14. The predicted molar refractivity (Wildman–Crippen MR) is 77.6 cm³/mol. The van der Waals surface area contributed by atoms with Crippen LogP contribution in [-0.2, 0) is 0 Å².